The highest BCUT2D eigenvalue weighted by Gasteiger charge is 1.95. The van der Waals surface area contributed by atoms with Gasteiger partial charge in [-0.3, -0.25) is 0 Å². The molecule has 1 rings (SSSR count). The van der Waals surface area contributed by atoms with Gasteiger partial charge in [0.05, 0.1) is 0 Å². The summed E-state index contributed by atoms with van der Waals surface area (Å²) in [7, 11) is 0. The van der Waals surface area contributed by atoms with Gasteiger partial charge in [-0.1, -0.05) is 0 Å². The molecule has 0 unspecified atom stereocenters. The van der Waals surface area contributed by atoms with Crippen molar-refractivity contribution >= 4 is 0 Å². The Labute approximate surface area is 93.1 Å². The Morgan fingerprint density at radius 2 is 0.533 bits per heavy atom. The van der Waals surface area contributed by atoms with Gasteiger partial charge in [-0.25, -0.2) is 0 Å². The molecule has 1 heterocycles. The van der Waals surface area contributed by atoms with E-state index in [-0.39, 0.29) is 0 Å². The van der Waals surface area contributed by atoms with Crippen LogP contribution >= 0.6 is 0 Å². The van der Waals surface area contributed by atoms with Crippen LogP contribution in [0.15, 0.2) is 0 Å². The zero-order valence-electron chi connectivity index (χ0n) is 9.71. The van der Waals surface area contributed by atoms with Gasteiger partial charge in [0.25, 0.3) is 0 Å². The van der Waals surface area contributed by atoms with Gasteiger partial charge in [-0.15, -0.1) is 0 Å². The van der Waals surface area contributed by atoms with Crippen molar-refractivity contribution in [3.63, 3.8) is 0 Å². The standard InChI is InChI=1S/C12H24O3/c1-2-8-14-10-5-6-12-15-11-4-3-9-13-7-1/h1-12H2. The zero-order chi connectivity index (χ0) is 10.6. The van der Waals surface area contributed by atoms with E-state index < -0.39 is 0 Å². The lowest BCUT2D eigenvalue weighted by Gasteiger charge is -2.04. The van der Waals surface area contributed by atoms with Crippen LogP contribution in [-0.2, 0) is 14.2 Å². The van der Waals surface area contributed by atoms with E-state index in [1.807, 2.05) is 0 Å². The molecular formula is C12H24O3. The van der Waals surface area contributed by atoms with Crippen molar-refractivity contribution < 1.29 is 14.2 Å². The molecule has 1 aliphatic heterocycles. The molecule has 0 N–H and O–H groups in total. The molecule has 15 heavy (non-hydrogen) atoms. The van der Waals surface area contributed by atoms with E-state index in [9.17, 15) is 0 Å². The fourth-order valence-electron chi connectivity index (χ4n) is 1.53. The summed E-state index contributed by atoms with van der Waals surface area (Å²) in [5.41, 5.74) is 0. The van der Waals surface area contributed by atoms with Gasteiger partial charge >= 0.3 is 0 Å². The predicted octanol–water partition coefficient (Wildman–Crippen LogP) is 2.39. The second kappa shape index (κ2) is 10.4. The van der Waals surface area contributed by atoms with Gasteiger partial charge in [0, 0.05) is 39.6 Å². The molecule has 0 radical (unpaired) electrons. The molecule has 0 atom stereocenters. The third-order valence-corrected chi connectivity index (χ3v) is 2.48. The average Bonchev–Trinajstić information content (AvgIpc) is 2.27. The highest BCUT2D eigenvalue weighted by atomic mass is 16.5. The maximum absolute atomic E-state index is 5.50. The minimum Gasteiger partial charge on any atom is -0.381 e. The minimum atomic E-state index is 0.879. The van der Waals surface area contributed by atoms with Gasteiger partial charge in [0.1, 0.15) is 0 Å². The van der Waals surface area contributed by atoms with E-state index in [0.29, 0.717) is 0 Å². The monoisotopic (exact) mass is 216 g/mol. The first-order chi connectivity index (χ1) is 7.50. The largest absolute Gasteiger partial charge is 0.381 e. The maximum atomic E-state index is 5.50. The third kappa shape index (κ3) is 8.85. The van der Waals surface area contributed by atoms with Crippen molar-refractivity contribution in [3.05, 3.63) is 0 Å². The Morgan fingerprint density at radius 3 is 0.733 bits per heavy atom. The lowest BCUT2D eigenvalue weighted by atomic mass is 10.3. The number of rotatable bonds is 0. The van der Waals surface area contributed by atoms with Crippen molar-refractivity contribution in [3.8, 4) is 0 Å². The smallest absolute Gasteiger partial charge is 0.0466 e. The van der Waals surface area contributed by atoms with Gasteiger partial charge in [0.15, 0.2) is 0 Å². The number of hydrogen-bond acceptors (Lipinski definition) is 3. The van der Waals surface area contributed by atoms with Crippen LogP contribution in [-0.4, -0.2) is 39.6 Å². The van der Waals surface area contributed by atoms with Gasteiger partial charge < -0.3 is 14.2 Å². The topological polar surface area (TPSA) is 27.7 Å². The lowest BCUT2D eigenvalue weighted by Crippen LogP contribution is -2.01. The SMILES string of the molecule is C1CCOCCCCOCCCCOC1. The molecule has 0 saturated carbocycles. The van der Waals surface area contributed by atoms with E-state index >= 15 is 0 Å². The Bertz CT molecular complexity index is 69.4. The summed E-state index contributed by atoms with van der Waals surface area (Å²) in [6, 6.07) is 0. The van der Waals surface area contributed by atoms with Gasteiger partial charge in [-0.05, 0) is 38.5 Å². The molecule has 1 aliphatic rings. The fourth-order valence-corrected chi connectivity index (χ4v) is 1.53. The predicted molar refractivity (Wildman–Crippen MR) is 60.2 cm³/mol. The summed E-state index contributed by atoms with van der Waals surface area (Å²) in [5.74, 6) is 0. The normalized spacial score (nSPS) is 24.0. The van der Waals surface area contributed by atoms with Crippen LogP contribution in [0.25, 0.3) is 0 Å². The highest BCUT2D eigenvalue weighted by molar-refractivity contribution is 4.44. The minimum absolute atomic E-state index is 0.879. The molecule has 3 nitrogen and oxygen atoms in total. The average molecular weight is 216 g/mol. The van der Waals surface area contributed by atoms with Gasteiger partial charge in [-0.2, -0.15) is 0 Å². The quantitative estimate of drug-likeness (QED) is 0.622. The zero-order valence-corrected chi connectivity index (χ0v) is 9.71. The van der Waals surface area contributed by atoms with Crippen molar-refractivity contribution in [1.29, 1.82) is 0 Å². The molecule has 1 saturated heterocycles. The number of hydrogen-bond donors (Lipinski definition) is 0. The molecular weight excluding hydrogens is 192 g/mol. The Balaban J connectivity index is 2.01. The summed E-state index contributed by atoms with van der Waals surface area (Å²) >= 11 is 0. The summed E-state index contributed by atoms with van der Waals surface area (Å²) in [6.45, 7) is 5.28. The Kier molecular flexibility index (Phi) is 8.98. The molecule has 0 aromatic rings. The molecule has 90 valence electrons. The number of ether oxygens (including phenoxy) is 3. The molecule has 0 aliphatic carbocycles. The van der Waals surface area contributed by atoms with E-state index in [1.54, 1.807) is 0 Å². The third-order valence-electron chi connectivity index (χ3n) is 2.48. The van der Waals surface area contributed by atoms with E-state index in [1.165, 1.54) is 0 Å². The molecule has 0 spiro atoms. The summed E-state index contributed by atoms with van der Waals surface area (Å²) in [6.07, 6.45) is 6.73. The van der Waals surface area contributed by atoms with Gasteiger partial charge in [0.2, 0.25) is 0 Å². The molecule has 0 amide bonds. The molecule has 0 bridgehead atoms. The van der Waals surface area contributed by atoms with Crippen LogP contribution in [0.5, 0.6) is 0 Å². The fraction of sp³-hybridized carbons (Fsp3) is 1.00. The molecule has 0 aromatic heterocycles. The van der Waals surface area contributed by atoms with E-state index in [4.69, 9.17) is 14.2 Å². The van der Waals surface area contributed by atoms with Crippen molar-refractivity contribution in [1.82, 2.24) is 0 Å². The van der Waals surface area contributed by atoms with E-state index in [0.717, 1.165) is 78.2 Å². The Morgan fingerprint density at radius 1 is 0.333 bits per heavy atom. The first kappa shape index (κ1) is 12.9. The van der Waals surface area contributed by atoms with Crippen LogP contribution in [0.2, 0.25) is 0 Å². The first-order valence-corrected chi connectivity index (χ1v) is 6.23. The van der Waals surface area contributed by atoms with Crippen LogP contribution in [0.1, 0.15) is 38.5 Å². The summed E-state index contributed by atoms with van der Waals surface area (Å²) in [5, 5.41) is 0. The lowest BCUT2D eigenvalue weighted by molar-refractivity contribution is 0.101. The molecule has 1 fully saturated rings. The maximum Gasteiger partial charge on any atom is 0.0466 e. The van der Waals surface area contributed by atoms with Crippen molar-refractivity contribution in [2.45, 2.75) is 38.5 Å². The van der Waals surface area contributed by atoms with E-state index in [2.05, 4.69) is 0 Å². The van der Waals surface area contributed by atoms with Crippen LogP contribution in [0, 0.1) is 0 Å². The first-order valence-electron chi connectivity index (χ1n) is 6.23. The second-order valence-corrected chi connectivity index (χ2v) is 3.96. The van der Waals surface area contributed by atoms with Crippen LogP contribution < -0.4 is 0 Å². The second-order valence-electron chi connectivity index (χ2n) is 3.96. The highest BCUT2D eigenvalue weighted by Crippen LogP contribution is 1.99. The van der Waals surface area contributed by atoms with Crippen LogP contribution in [0.4, 0.5) is 0 Å². The van der Waals surface area contributed by atoms with Crippen molar-refractivity contribution in [2.24, 2.45) is 0 Å². The molecule has 0 aromatic carbocycles. The van der Waals surface area contributed by atoms with Crippen molar-refractivity contribution in [2.75, 3.05) is 39.6 Å². The summed E-state index contributed by atoms with van der Waals surface area (Å²) < 4.78 is 16.5. The van der Waals surface area contributed by atoms with Crippen LogP contribution in [0.3, 0.4) is 0 Å². The summed E-state index contributed by atoms with van der Waals surface area (Å²) in [4.78, 5) is 0. The Hall–Kier alpha value is -0.120. The molecule has 3 heteroatoms.